The van der Waals surface area contributed by atoms with Gasteiger partial charge in [0.1, 0.15) is 11.5 Å². The lowest BCUT2D eigenvalue weighted by molar-refractivity contribution is -0.139. The minimum absolute atomic E-state index is 0.0807. The highest BCUT2D eigenvalue weighted by Crippen LogP contribution is 2.39. The molecular weight excluding hydrogens is 342 g/mol. The van der Waals surface area contributed by atoms with Crippen molar-refractivity contribution >= 4 is 17.4 Å². The van der Waals surface area contributed by atoms with Crippen LogP contribution in [0.15, 0.2) is 72.8 Å². The molecule has 5 heteroatoms. The van der Waals surface area contributed by atoms with Crippen LogP contribution >= 0.6 is 0 Å². The second kappa shape index (κ2) is 7.91. The highest BCUT2D eigenvalue weighted by molar-refractivity contribution is 6.46. The predicted molar refractivity (Wildman–Crippen MR) is 103 cm³/mol. The Morgan fingerprint density at radius 2 is 1.81 bits per heavy atom. The number of hydrogen-bond acceptors (Lipinski definition) is 4. The molecule has 1 N–H and O–H groups in total. The van der Waals surface area contributed by atoms with Crippen molar-refractivity contribution in [1.82, 2.24) is 4.90 Å². The molecule has 1 fully saturated rings. The summed E-state index contributed by atoms with van der Waals surface area (Å²) in [5, 5.41) is 10.9. The third-order valence-corrected chi connectivity index (χ3v) is 4.42. The number of nitrogens with zero attached hydrogens (tertiary/aromatic N) is 1. The fraction of sp³-hybridized carbons (Fsp3) is 0.182. The summed E-state index contributed by atoms with van der Waals surface area (Å²) >= 11 is 0. The number of Topliss-reactive ketones (excluding diaryl/α,β-unsaturated/α-hetero) is 1. The molecule has 0 saturated carbocycles. The molecule has 1 aliphatic rings. The van der Waals surface area contributed by atoms with E-state index in [1.165, 1.54) is 4.90 Å². The van der Waals surface area contributed by atoms with Crippen LogP contribution in [0.5, 0.6) is 5.75 Å². The number of likely N-dealkylation sites (tertiary alicyclic amines) is 1. The van der Waals surface area contributed by atoms with E-state index in [0.717, 1.165) is 5.56 Å². The minimum Gasteiger partial charge on any atom is -0.507 e. The summed E-state index contributed by atoms with van der Waals surface area (Å²) in [6.45, 7) is 6.30. The molecule has 3 rings (SSSR count). The summed E-state index contributed by atoms with van der Waals surface area (Å²) in [4.78, 5) is 26.6. The van der Waals surface area contributed by atoms with Crippen molar-refractivity contribution in [3.63, 3.8) is 0 Å². The van der Waals surface area contributed by atoms with Crippen LogP contribution in [0.2, 0.25) is 0 Å². The van der Waals surface area contributed by atoms with E-state index in [0.29, 0.717) is 17.9 Å². The molecule has 27 heavy (non-hydrogen) atoms. The van der Waals surface area contributed by atoms with E-state index in [9.17, 15) is 14.7 Å². The number of aliphatic hydroxyl groups excluding tert-OH is 1. The topological polar surface area (TPSA) is 66.8 Å². The van der Waals surface area contributed by atoms with Gasteiger partial charge in [0.2, 0.25) is 0 Å². The smallest absolute Gasteiger partial charge is 0.295 e. The van der Waals surface area contributed by atoms with E-state index in [2.05, 4.69) is 6.58 Å². The molecule has 1 amide bonds. The zero-order valence-electron chi connectivity index (χ0n) is 15.1. The third kappa shape index (κ3) is 3.49. The Kier molecular flexibility index (Phi) is 5.41. The van der Waals surface area contributed by atoms with Crippen LogP contribution in [0.4, 0.5) is 0 Å². The van der Waals surface area contributed by atoms with Crippen LogP contribution in [-0.4, -0.2) is 34.8 Å². The van der Waals surface area contributed by atoms with Gasteiger partial charge < -0.3 is 14.7 Å². The molecule has 0 spiro atoms. The largest absolute Gasteiger partial charge is 0.507 e. The number of aliphatic hydroxyl groups is 1. The van der Waals surface area contributed by atoms with Gasteiger partial charge in [0.05, 0.1) is 18.2 Å². The summed E-state index contributed by atoms with van der Waals surface area (Å²) in [5.41, 5.74) is 1.29. The third-order valence-electron chi connectivity index (χ3n) is 4.42. The van der Waals surface area contributed by atoms with Gasteiger partial charge in [-0.3, -0.25) is 9.59 Å². The second-order valence-corrected chi connectivity index (χ2v) is 6.11. The Labute approximate surface area is 158 Å². The number of hydrogen-bond donors (Lipinski definition) is 1. The zero-order chi connectivity index (χ0) is 19.4. The first-order chi connectivity index (χ1) is 13.1. The van der Waals surface area contributed by atoms with Gasteiger partial charge in [-0.15, -0.1) is 6.58 Å². The molecule has 0 bridgehead atoms. The van der Waals surface area contributed by atoms with Crippen LogP contribution in [0, 0.1) is 0 Å². The summed E-state index contributed by atoms with van der Waals surface area (Å²) in [6.07, 6.45) is 1.57. The molecule has 5 nitrogen and oxygen atoms in total. The molecule has 0 radical (unpaired) electrons. The maximum Gasteiger partial charge on any atom is 0.295 e. The maximum absolute atomic E-state index is 12.7. The SMILES string of the molecule is C=CCN1C(=O)C(=O)C(=C(O)c2ccc(OCC)cc2)[C@@H]1c1ccccc1. The van der Waals surface area contributed by atoms with Crippen molar-refractivity contribution in [3.8, 4) is 5.75 Å². The molecular formula is C22H21NO4. The normalized spacial score (nSPS) is 18.6. The maximum atomic E-state index is 12.7. The van der Waals surface area contributed by atoms with Crippen LogP contribution in [-0.2, 0) is 9.59 Å². The van der Waals surface area contributed by atoms with Crippen LogP contribution in [0.1, 0.15) is 24.1 Å². The molecule has 138 valence electrons. The van der Waals surface area contributed by atoms with Crippen LogP contribution in [0.3, 0.4) is 0 Å². The number of carbonyl (C=O) groups is 2. The van der Waals surface area contributed by atoms with Gasteiger partial charge in [-0.25, -0.2) is 0 Å². The molecule has 2 aromatic carbocycles. The molecule has 2 aromatic rings. The zero-order valence-corrected chi connectivity index (χ0v) is 15.1. The molecule has 1 aliphatic heterocycles. The minimum atomic E-state index is -0.697. The van der Waals surface area contributed by atoms with E-state index in [-0.39, 0.29) is 17.9 Å². The van der Waals surface area contributed by atoms with Crippen molar-refractivity contribution in [2.24, 2.45) is 0 Å². The first-order valence-electron chi connectivity index (χ1n) is 8.76. The fourth-order valence-corrected chi connectivity index (χ4v) is 3.22. The van der Waals surface area contributed by atoms with Gasteiger partial charge in [0.15, 0.2) is 0 Å². The molecule has 0 unspecified atom stereocenters. The lowest BCUT2D eigenvalue weighted by Gasteiger charge is -2.24. The van der Waals surface area contributed by atoms with Gasteiger partial charge in [-0.2, -0.15) is 0 Å². The van der Waals surface area contributed by atoms with Crippen molar-refractivity contribution in [3.05, 3.63) is 84.0 Å². The first kappa shape index (κ1) is 18.5. The molecule has 1 heterocycles. The molecule has 1 atom stereocenters. The van der Waals surface area contributed by atoms with Gasteiger partial charge in [-0.05, 0) is 36.8 Å². The van der Waals surface area contributed by atoms with Crippen molar-refractivity contribution in [2.45, 2.75) is 13.0 Å². The Bertz CT molecular complexity index is 884. The number of ether oxygens (including phenoxy) is 1. The number of rotatable bonds is 6. The highest BCUT2D eigenvalue weighted by Gasteiger charge is 2.45. The van der Waals surface area contributed by atoms with E-state index in [1.807, 2.05) is 37.3 Å². The Morgan fingerprint density at radius 3 is 2.41 bits per heavy atom. The molecule has 1 saturated heterocycles. The monoisotopic (exact) mass is 363 g/mol. The quantitative estimate of drug-likeness (QED) is 0.368. The first-order valence-corrected chi connectivity index (χ1v) is 8.76. The summed E-state index contributed by atoms with van der Waals surface area (Å²) in [6, 6.07) is 15.3. The summed E-state index contributed by atoms with van der Waals surface area (Å²) in [7, 11) is 0. The second-order valence-electron chi connectivity index (χ2n) is 6.11. The number of amides is 1. The fourth-order valence-electron chi connectivity index (χ4n) is 3.22. The average molecular weight is 363 g/mol. The number of ketones is 1. The summed E-state index contributed by atoms with van der Waals surface area (Å²) in [5.74, 6) is -0.870. The lowest BCUT2D eigenvalue weighted by atomic mass is 9.95. The predicted octanol–water partition coefficient (Wildman–Crippen LogP) is 3.69. The van der Waals surface area contributed by atoms with Crippen molar-refractivity contribution in [2.75, 3.05) is 13.2 Å². The highest BCUT2D eigenvalue weighted by atomic mass is 16.5. The van der Waals surface area contributed by atoms with E-state index in [4.69, 9.17) is 4.74 Å². The van der Waals surface area contributed by atoms with Gasteiger partial charge >= 0.3 is 0 Å². The van der Waals surface area contributed by atoms with Crippen LogP contribution in [0.25, 0.3) is 5.76 Å². The Balaban J connectivity index is 2.11. The standard InChI is InChI=1S/C22H21NO4/c1-3-14-23-19(15-8-6-5-7-9-15)18(21(25)22(23)26)20(24)16-10-12-17(13-11-16)27-4-2/h3,5-13,19,24H,1,4,14H2,2H3/t19-/m0/s1. The Morgan fingerprint density at radius 1 is 1.15 bits per heavy atom. The lowest BCUT2D eigenvalue weighted by Crippen LogP contribution is -2.29. The molecule has 0 aromatic heterocycles. The van der Waals surface area contributed by atoms with Gasteiger partial charge in [0.25, 0.3) is 11.7 Å². The van der Waals surface area contributed by atoms with E-state index < -0.39 is 17.7 Å². The number of carbonyl (C=O) groups excluding carboxylic acids is 2. The average Bonchev–Trinajstić information content (AvgIpc) is 2.94. The summed E-state index contributed by atoms with van der Waals surface area (Å²) < 4.78 is 5.41. The number of benzene rings is 2. The van der Waals surface area contributed by atoms with Crippen molar-refractivity contribution in [1.29, 1.82) is 0 Å². The van der Waals surface area contributed by atoms with Gasteiger partial charge in [0, 0.05) is 12.1 Å². The van der Waals surface area contributed by atoms with Crippen LogP contribution < -0.4 is 4.74 Å². The molecule has 0 aliphatic carbocycles. The van der Waals surface area contributed by atoms with E-state index >= 15 is 0 Å². The van der Waals surface area contributed by atoms with Crippen molar-refractivity contribution < 1.29 is 19.4 Å². The van der Waals surface area contributed by atoms with Gasteiger partial charge in [-0.1, -0.05) is 36.4 Å². The Hall–Kier alpha value is -3.34. The van der Waals surface area contributed by atoms with E-state index in [1.54, 1.807) is 30.3 Å².